The van der Waals surface area contributed by atoms with Crippen molar-refractivity contribution >= 4 is 17.6 Å². The molecule has 0 amide bonds. The molecule has 0 atom stereocenters. The van der Waals surface area contributed by atoms with Crippen LogP contribution in [0.2, 0.25) is 5.15 Å². The summed E-state index contributed by atoms with van der Waals surface area (Å²) in [6.07, 6.45) is 2.77. The van der Waals surface area contributed by atoms with Gasteiger partial charge in [-0.2, -0.15) is 5.10 Å². The monoisotopic (exact) mass is 223 g/mol. The summed E-state index contributed by atoms with van der Waals surface area (Å²) in [6.45, 7) is 0. The summed E-state index contributed by atoms with van der Waals surface area (Å²) in [4.78, 5) is 14.7. The standard InChI is InChI=1S/C9H6ClN3O2/c10-8-6(9(14)15)5-12-13(8)7-3-1-2-4-11-7/h1-5H,(H,14,15). The molecular formula is C9H6ClN3O2. The fourth-order valence-corrected chi connectivity index (χ4v) is 1.38. The molecule has 2 aromatic heterocycles. The summed E-state index contributed by atoms with van der Waals surface area (Å²) >= 11 is 5.83. The minimum Gasteiger partial charge on any atom is -0.478 e. The van der Waals surface area contributed by atoms with E-state index in [0.29, 0.717) is 5.82 Å². The van der Waals surface area contributed by atoms with Gasteiger partial charge in [-0.3, -0.25) is 0 Å². The molecule has 2 heterocycles. The summed E-state index contributed by atoms with van der Waals surface area (Å²) in [5, 5.41) is 12.7. The number of carboxylic acids is 1. The molecule has 2 rings (SSSR count). The number of nitrogens with zero attached hydrogens (tertiary/aromatic N) is 3. The quantitative estimate of drug-likeness (QED) is 0.840. The number of pyridine rings is 1. The Bertz CT molecular complexity index is 495. The second-order valence-electron chi connectivity index (χ2n) is 2.75. The molecule has 0 spiro atoms. The second-order valence-corrected chi connectivity index (χ2v) is 3.11. The van der Waals surface area contributed by atoms with Gasteiger partial charge in [0.2, 0.25) is 0 Å². The van der Waals surface area contributed by atoms with Gasteiger partial charge in [-0.15, -0.1) is 0 Å². The van der Waals surface area contributed by atoms with E-state index in [4.69, 9.17) is 16.7 Å². The average Bonchev–Trinajstić information content (AvgIpc) is 2.61. The van der Waals surface area contributed by atoms with Crippen LogP contribution in [0.1, 0.15) is 10.4 Å². The number of carboxylic acid groups (broad SMARTS) is 1. The topological polar surface area (TPSA) is 68.0 Å². The second kappa shape index (κ2) is 3.70. The SMILES string of the molecule is O=C(O)c1cnn(-c2ccccn2)c1Cl. The van der Waals surface area contributed by atoms with Crippen LogP contribution in [-0.4, -0.2) is 25.8 Å². The largest absolute Gasteiger partial charge is 0.478 e. The minimum atomic E-state index is -1.11. The molecule has 6 heteroatoms. The predicted octanol–water partition coefficient (Wildman–Crippen LogP) is 1.62. The van der Waals surface area contributed by atoms with Gasteiger partial charge in [0.15, 0.2) is 5.82 Å². The number of aromatic nitrogens is 3. The molecule has 76 valence electrons. The van der Waals surface area contributed by atoms with E-state index in [0.717, 1.165) is 0 Å². The van der Waals surface area contributed by atoms with Crippen LogP contribution in [0.3, 0.4) is 0 Å². The molecular weight excluding hydrogens is 218 g/mol. The molecule has 5 nitrogen and oxygen atoms in total. The minimum absolute atomic E-state index is 0.0395. The van der Waals surface area contributed by atoms with Gasteiger partial charge in [-0.1, -0.05) is 17.7 Å². The van der Waals surface area contributed by atoms with Gasteiger partial charge in [-0.05, 0) is 12.1 Å². The van der Waals surface area contributed by atoms with Gasteiger partial charge in [0.25, 0.3) is 0 Å². The molecule has 0 bridgehead atoms. The van der Waals surface area contributed by atoms with Crippen LogP contribution in [0.5, 0.6) is 0 Å². The highest BCUT2D eigenvalue weighted by molar-refractivity contribution is 6.32. The molecule has 0 aliphatic rings. The van der Waals surface area contributed by atoms with Gasteiger partial charge >= 0.3 is 5.97 Å². The van der Waals surface area contributed by atoms with Crippen LogP contribution in [-0.2, 0) is 0 Å². The maximum absolute atomic E-state index is 10.7. The molecule has 0 saturated heterocycles. The smallest absolute Gasteiger partial charge is 0.340 e. The van der Waals surface area contributed by atoms with Crippen molar-refractivity contribution in [1.29, 1.82) is 0 Å². The van der Waals surface area contributed by atoms with E-state index in [9.17, 15) is 4.79 Å². The van der Waals surface area contributed by atoms with Gasteiger partial charge < -0.3 is 5.11 Å². The van der Waals surface area contributed by atoms with Crippen molar-refractivity contribution in [1.82, 2.24) is 14.8 Å². The normalized spacial score (nSPS) is 10.2. The number of aromatic carboxylic acids is 1. The molecule has 1 N–H and O–H groups in total. The number of halogens is 1. The number of rotatable bonds is 2. The molecule has 2 aromatic rings. The maximum atomic E-state index is 10.7. The van der Waals surface area contributed by atoms with Crippen LogP contribution in [0.4, 0.5) is 0 Å². The first-order valence-corrected chi connectivity index (χ1v) is 4.46. The Morgan fingerprint density at radius 2 is 2.27 bits per heavy atom. The fourth-order valence-electron chi connectivity index (χ4n) is 1.12. The Hall–Kier alpha value is -1.88. The summed E-state index contributed by atoms with van der Waals surface area (Å²) in [5.74, 6) is -0.628. The summed E-state index contributed by atoms with van der Waals surface area (Å²) in [6, 6.07) is 5.20. The Kier molecular flexibility index (Phi) is 2.39. The maximum Gasteiger partial charge on any atom is 0.340 e. The first kappa shape index (κ1) is 9.67. The van der Waals surface area contributed by atoms with Crippen LogP contribution in [0.25, 0.3) is 5.82 Å². The van der Waals surface area contributed by atoms with E-state index in [-0.39, 0.29) is 10.7 Å². The van der Waals surface area contributed by atoms with Crippen molar-refractivity contribution in [2.45, 2.75) is 0 Å². The molecule has 0 aliphatic heterocycles. The highest BCUT2D eigenvalue weighted by atomic mass is 35.5. The fraction of sp³-hybridized carbons (Fsp3) is 0. The first-order valence-electron chi connectivity index (χ1n) is 4.08. The van der Waals surface area contributed by atoms with Crippen LogP contribution < -0.4 is 0 Å². The van der Waals surface area contributed by atoms with E-state index in [1.807, 2.05) is 0 Å². The molecule has 15 heavy (non-hydrogen) atoms. The molecule has 0 aliphatic carbocycles. The lowest BCUT2D eigenvalue weighted by Gasteiger charge is -2.00. The van der Waals surface area contributed by atoms with Crippen molar-refractivity contribution < 1.29 is 9.90 Å². The Balaban J connectivity index is 2.52. The molecule has 0 aromatic carbocycles. The van der Waals surface area contributed by atoms with Gasteiger partial charge in [0.05, 0.1) is 6.20 Å². The van der Waals surface area contributed by atoms with Crippen LogP contribution in [0.15, 0.2) is 30.6 Å². The van der Waals surface area contributed by atoms with Crippen molar-refractivity contribution in [2.75, 3.05) is 0 Å². The number of hydrogen-bond donors (Lipinski definition) is 1. The Morgan fingerprint density at radius 1 is 1.47 bits per heavy atom. The third kappa shape index (κ3) is 1.69. The zero-order chi connectivity index (χ0) is 10.8. The molecule has 0 unspecified atom stereocenters. The summed E-state index contributed by atoms with van der Waals surface area (Å²) in [5.41, 5.74) is -0.0395. The van der Waals surface area contributed by atoms with Gasteiger partial charge in [0.1, 0.15) is 10.7 Å². The highest BCUT2D eigenvalue weighted by Gasteiger charge is 2.15. The first-order chi connectivity index (χ1) is 7.20. The third-order valence-corrected chi connectivity index (χ3v) is 2.17. The highest BCUT2D eigenvalue weighted by Crippen LogP contribution is 2.18. The Labute approximate surface area is 89.9 Å². The van der Waals surface area contributed by atoms with Gasteiger partial charge in [0, 0.05) is 6.20 Å². The van der Waals surface area contributed by atoms with Gasteiger partial charge in [-0.25, -0.2) is 14.5 Å². The zero-order valence-electron chi connectivity index (χ0n) is 7.46. The van der Waals surface area contributed by atoms with Crippen LogP contribution >= 0.6 is 11.6 Å². The van der Waals surface area contributed by atoms with Crippen molar-refractivity contribution in [3.8, 4) is 5.82 Å². The van der Waals surface area contributed by atoms with E-state index in [2.05, 4.69) is 10.1 Å². The Morgan fingerprint density at radius 3 is 2.80 bits per heavy atom. The zero-order valence-corrected chi connectivity index (χ0v) is 8.22. The molecule has 0 saturated carbocycles. The molecule has 0 fully saturated rings. The van der Waals surface area contributed by atoms with Crippen molar-refractivity contribution in [3.63, 3.8) is 0 Å². The lowest BCUT2D eigenvalue weighted by Crippen LogP contribution is -2.00. The van der Waals surface area contributed by atoms with Crippen LogP contribution in [0, 0.1) is 0 Å². The third-order valence-electron chi connectivity index (χ3n) is 1.81. The summed E-state index contributed by atoms with van der Waals surface area (Å²) < 4.78 is 1.27. The predicted molar refractivity (Wildman–Crippen MR) is 53.3 cm³/mol. The number of hydrogen-bond acceptors (Lipinski definition) is 3. The summed E-state index contributed by atoms with van der Waals surface area (Å²) in [7, 11) is 0. The van der Waals surface area contributed by atoms with E-state index >= 15 is 0 Å². The lowest BCUT2D eigenvalue weighted by atomic mass is 10.4. The van der Waals surface area contributed by atoms with E-state index < -0.39 is 5.97 Å². The number of carbonyl (C=O) groups is 1. The lowest BCUT2D eigenvalue weighted by molar-refractivity contribution is 0.0697. The molecule has 0 radical (unpaired) electrons. The van der Waals surface area contributed by atoms with Crippen molar-refractivity contribution in [2.24, 2.45) is 0 Å². The van der Waals surface area contributed by atoms with E-state index in [1.54, 1.807) is 24.4 Å². The average molecular weight is 224 g/mol. The van der Waals surface area contributed by atoms with Crippen molar-refractivity contribution in [3.05, 3.63) is 41.3 Å². The van der Waals surface area contributed by atoms with E-state index in [1.165, 1.54) is 10.9 Å².